The van der Waals surface area contributed by atoms with Crippen LogP contribution in [0.5, 0.6) is 0 Å². The van der Waals surface area contributed by atoms with Crippen LogP contribution in [0.15, 0.2) is 34.2 Å². The molecule has 148 valence electrons. The molecule has 0 radical (unpaired) electrons. The molecule has 1 saturated carbocycles. The van der Waals surface area contributed by atoms with Crippen LogP contribution in [0.25, 0.3) is 0 Å². The van der Waals surface area contributed by atoms with E-state index in [2.05, 4.69) is 15.0 Å². The molecule has 0 saturated heterocycles. The third-order valence-electron chi connectivity index (χ3n) is 4.82. The fourth-order valence-electron chi connectivity index (χ4n) is 3.39. The molecule has 3 rings (SSSR count). The quantitative estimate of drug-likeness (QED) is 0.660. The number of rotatable bonds is 8. The Kier molecular flexibility index (Phi) is 6.84. The molecular weight excluding hydrogens is 366 g/mol. The van der Waals surface area contributed by atoms with Crippen LogP contribution in [0.4, 0.5) is 0 Å². The van der Waals surface area contributed by atoms with E-state index >= 15 is 0 Å². The van der Waals surface area contributed by atoms with Crippen LogP contribution in [-0.4, -0.2) is 46.0 Å². The van der Waals surface area contributed by atoms with Gasteiger partial charge in [-0.2, -0.15) is 0 Å². The molecule has 1 aliphatic carbocycles. The van der Waals surface area contributed by atoms with Crippen molar-refractivity contribution in [3.63, 3.8) is 0 Å². The van der Waals surface area contributed by atoms with Crippen molar-refractivity contribution in [3.8, 4) is 0 Å². The fraction of sp³-hybridized carbons (Fsp3) is 0.579. The number of fused-ring (bicyclic) bond motifs is 1. The summed E-state index contributed by atoms with van der Waals surface area (Å²) in [5.41, 5.74) is 0.553. The largest absolute Gasteiger partial charge is 0.378 e. The van der Waals surface area contributed by atoms with Gasteiger partial charge in [-0.05, 0) is 31.4 Å². The highest BCUT2D eigenvalue weighted by molar-refractivity contribution is 7.90. The Hall–Kier alpha value is -1.93. The molecule has 2 aliphatic rings. The minimum Gasteiger partial charge on any atom is -0.378 e. The summed E-state index contributed by atoms with van der Waals surface area (Å²) in [7, 11) is -3.53. The number of amides is 1. The van der Waals surface area contributed by atoms with Crippen molar-refractivity contribution < 1.29 is 17.9 Å². The maximum absolute atomic E-state index is 12.0. The summed E-state index contributed by atoms with van der Waals surface area (Å²) >= 11 is 0. The van der Waals surface area contributed by atoms with Crippen molar-refractivity contribution in [3.05, 3.63) is 29.8 Å². The summed E-state index contributed by atoms with van der Waals surface area (Å²) in [5, 5.41) is 2.85. The van der Waals surface area contributed by atoms with Gasteiger partial charge in [-0.3, -0.25) is 14.5 Å². The third kappa shape index (κ3) is 5.52. The van der Waals surface area contributed by atoms with Crippen molar-refractivity contribution in [1.29, 1.82) is 0 Å². The van der Waals surface area contributed by atoms with E-state index in [4.69, 9.17) is 4.74 Å². The Morgan fingerprint density at radius 3 is 2.81 bits per heavy atom. The number of carbonyl (C=O) groups excluding carboxylic acids is 1. The van der Waals surface area contributed by atoms with Crippen molar-refractivity contribution >= 4 is 21.8 Å². The molecule has 0 atom stereocenters. The minimum absolute atomic E-state index is 0.0915. The molecule has 0 unspecified atom stereocenters. The highest BCUT2D eigenvalue weighted by Gasteiger charge is 2.29. The van der Waals surface area contributed by atoms with Gasteiger partial charge < -0.3 is 10.1 Å². The maximum atomic E-state index is 12.0. The van der Waals surface area contributed by atoms with E-state index in [1.807, 2.05) is 0 Å². The van der Waals surface area contributed by atoms with Crippen LogP contribution in [-0.2, 0) is 19.6 Å². The van der Waals surface area contributed by atoms with Crippen LogP contribution in [0, 0.1) is 0 Å². The molecule has 1 heterocycles. The Balaban J connectivity index is 1.34. The van der Waals surface area contributed by atoms with E-state index in [0.29, 0.717) is 30.7 Å². The minimum atomic E-state index is -3.53. The van der Waals surface area contributed by atoms with E-state index in [1.165, 1.54) is 19.3 Å². The number of carbonyl (C=O) groups is 1. The second-order valence-corrected chi connectivity index (χ2v) is 8.57. The van der Waals surface area contributed by atoms with Crippen LogP contribution in [0.1, 0.15) is 50.5 Å². The lowest BCUT2D eigenvalue weighted by Crippen LogP contribution is -2.27. The lowest BCUT2D eigenvalue weighted by atomic mass is 9.98. The lowest BCUT2D eigenvalue weighted by Gasteiger charge is -2.21. The van der Waals surface area contributed by atoms with Gasteiger partial charge in [0.25, 0.3) is 10.0 Å². The number of benzene rings is 1. The summed E-state index contributed by atoms with van der Waals surface area (Å²) in [6.07, 6.45) is 7.53. The van der Waals surface area contributed by atoms with Gasteiger partial charge in [0.15, 0.2) is 0 Å². The van der Waals surface area contributed by atoms with E-state index in [0.717, 1.165) is 19.3 Å². The summed E-state index contributed by atoms with van der Waals surface area (Å²) in [6, 6.07) is 6.69. The number of sulfonamides is 1. The lowest BCUT2D eigenvalue weighted by molar-refractivity contribution is -0.120. The van der Waals surface area contributed by atoms with E-state index in [1.54, 1.807) is 24.3 Å². The predicted molar refractivity (Wildman–Crippen MR) is 103 cm³/mol. The van der Waals surface area contributed by atoms with E-state index in [9.17, 15) is 13.2 Å². The van der Waals surface area contributed by atoms with Crippen LogP contribution in [0.2, 0.25) is 0 Å². The number of hydrogen-bond acceptors (Lipinski definition) is 5. The number of nitrogens with zero attached hydrogens (tertiary/aromatic N) is 1. The highest BCUT2D eigenvalue weighted by Crippen LogP contribution is 2.22. The molecule has 2 N–H and O–H groups in total. The van der Waals surface area contributed by atoms with Gasteiger partial charge in [0, 0.05) is 25.1 Å². The third-order valence-corrected chi connectivity index (χ3v) is 6.22. The Bertz CT molecular complexity index is 786. The molecular formula is C19H27N3O4S. The highest BCUT2D eigenvalue weighted by atomic mass is 32.2. The molecule has 7 nitrogen and oxygen atoms in total. The first-order valence-electron chi connectivity index (χ1n) is 9.61. The number of ether oxygens (including phenoxy) is 1. The molecule has 1 fully saturated rings. The first-order valence-corrected chi connectivity index (χ1v) is 11.1. The molecule has 0 bridgehead atoms. The van der Waals surface area contributed by atoms with Gasteiger partial charge in [-0.15, -0.1) is 0 Å². The molecule has 8 heteroatoms. The molecule has 27 heavy (non-hydrogen) atoms. The number of nitrogens with one attached hydrogen (secondary N) is 2. The normalized spacial score (nSPS) is 20.2. The second kappa shape index (κ2) is 9.32. The summed E-state index contributed by atoms with van der Waals surface area (Å²) in [5.74, 6) is 0.213. The summed E-state index contributed by atoms with van der Waals surface area (Å²) in [4.78, 5) is 16.4. The van der Waals surface area contributed by atoms with E-state index < -0.39 is 10.0 Å². The van der Waals surface area contributed by atoms with Crippen LogP contribution in [0.3, 0.4) is 0 Å². The zero-order valence-corrected chi connectivity index (χ0v) is 16.3. The smallest absolute Gasteiger partial charge is 0.263 e. The van der Waals surface area contributed by atoms with E-state index in [-0.39, 0.29) is 23.8 Å². The second-order valence-electron chi connectivity index (χ2n) is 6.92. The van der Waals surface area contributed by atoms with Crippen molar-refractivity contribution in [1.82, 2.24) is 10.0 Å². The first-order chi connectivity index (χ1) is 13.1. The number of hydrogen-bond donors (Lipinski definition) is 2. The van der Waals surface area contributed by atoms with Gasteiger partial charge in [0.1, 0.15) is 5.84 Å². The Labute approximate surface area is 160 Å². The predicted octanol–water partition coefficient (Wildman–Crippen LogP) is 1.97. The Morgan fingerprint density at radius 2 is 2.00 bits per heavy atom. The first kappa shape index (κ1) is 19.8. The number of amidine groups is 1. The van der Waals surface area contributed by atoms with Crippen molar-refractivity contribution in [2.75, 3.05) is 19.7 Å². The van der Waals surface area contributed by atoms with Gasteiger partial charge >= 0.3 is 0 Å². The van der Waals surface area contributed by atoms with Gasteiger partial charge in [0.05, 0.1) is 17.5 Å². The average Bonchev–Trinajstić information content (AvgIpc) is 2.93. The van der Waals surface area contributed by atoms with Gasteiger partial charge in [-0.25, -0.2) is 8.42 Å². The van der Waals surface area contributed by atoms with Crippen molar-refractivity contribution in [2.24, 2.45) is 4.99 Å². The number of aliphatic imine (C=N–C) groups is 1. The SMILES string of the molecule is O=C(CCN=C1NS(=O)(=O)c2ccccc21)NCCCOC1CCCCC1. The standard InChI is InChI=1S/C19H27N3O4S/c23-18(20-12-6-14-26-15-7-2-1-3-8-15)11-13-21-19-16-9-4-5-10-17(16)27(24,25)22-19/h4-5,9-10,15H,1-3,6-8,11-14H2,(H,20,23)(H,21,22). The average molecular weight is 394 g/mol. The fourth-order valence-corrected chi connectivity index (χ4v) is 4.64. The molecule has 1 amide bonds. The molecule has 0 spiro atoms. The Morgan fingerprint density at radius 1 is 1.22 bits per heavy atom. The topological polar surface area (TPSA) is 96.9 Å². The summed E-state index contributed by atoms with van der Waals surface area (Å²) < 4.78 is 32.3. The summed E-state index contributed by atoms with van der Waals surface area (Å²) in [6.45, 7) is 1.49. The zero-order chi connectivity index (χ0) is 19.1. The van der Waals surface area contributed by atoms with Crippen LogP contribution < -0.4 is 10.0 Å². The molecule has 1 aromatic rings. The zero-order valence-electron chi connectivity index (χ0n) is 15.4. The molecule has 1 aliphatic heterocycles. The maximum Gasteiger partial charge on any atom is 0.263 e. The van der Waals surface area contributed by atoms with Gasteiger partial charge in [-0.1, -0.05) is 31.4 Å². The molecule has 1 aromatic carbocycles. The van der Waals surface area contributed by atoms with Gasteiger partial charge in [0.2, 0.25) is 5.91 Å². The molecule has 0 aromatic heterocycles. The van der Waals surface area contributed by atoms with Crippen molar-refractivity contribution in [2.45, 2.75) is 55.9 Å². The monoisotopic (exact) mass is 393 g/mol. The van der Waals surface area contributed by atoms with Crippen LogP contribution >= 0.6 is 0 Å².